The lowest BCUT2D eigenvalue weighted by Crippen LogP contribution is -2.26. The minimum atomic E-state index is -2.12. The standard InChI is InChI=1S/C8H16N2O3S/c1-2-9-5-6-10(8-9)4-3-7-13-14(11)12/h5-6H,2-4,7-8H2,1H3,(H,11,12). The van der Waals surface area contributed by atoms with Gasteiger partial charge in [0, 0.05) is 25.5 Å². The van der Waals surface area contributed by atoms with E-state index in [0.29, 0.717) is 6.61 Å². The van der Waals surface area contributed by atoms with E-state index in [2.05, 4.69) is 20.9 Å². The van der Waals surface area contributed by atoms with Crippen molar-refractivity contribution in [3.63, 3.8) is 0 Å². The summed E-state index contributed by atoms with van der Waals surface area (Å²) < 4.78 is 23.0. The average molecular weight is 220 g/mol. The Labute approximate surface area is 86.8 Å². The fourth-order valence-corrected chi connectivity index (χ4v) is 1.53. The first-order valence-electron chi connectivity index (χ1n) is 4.63. The molecule has 0 spiro atoms. The summed E-state index contributed by atoms with van der Waals surface area (Å²) in [6, 6.07) is 0. The van der Waals surface area contributed by atoms with Crippen LogP contribution >= 0.6 is 0 Å². The van der Waals surface area contributed by atoms with Crippen molar-refractivity contribution in [1.29, 1.82) is 0 Å². The summed E-state index contributed by atoms with van der Waals surface area (Å²) in [5, 5.41) is 0. The van der Waals surface area contributed by atoms with Crippen LogP contribution < -0.4 is 0 Å². The van der Waals surface area contributed by atoms with Crippen LogP contribution in [0.2, 0.25) is 0 Å². The zero-order valence-corrected chi connectivity index (χ0v) is 9.07. The molecule has 1 N–H and O–H groups in total. The van der Waals surface area contributed by atoms with Crippen LogP contribution in [0.25, 0.3) is 0 Å². The second-order valence-electron chi connectivity index (χ2n) is 3.05. The van der Waals surface area contributed by atoms with Crippen LogP contribution in [0.3, 0.4) is 0 Å². The second-order valence-corrected chi connectivity index (χ2v) is 3.72. The maximum absolute atomic E-state index is 10.1. The Hall–Kier alpha value is -0.590. The summed E-state index contributed by atoms with van der Waals surface area (Å²) in [5.41, 5.74) is 0. The zero-order chi connectivity index (χ0) is 10.4. The van der Waals surface area contributed by atoms with Gasteiger partial charge in [-0.05, 0) is 13.3 Å². The third kappa shape index (κ3) is 4.08. The molecular formula is C8H16N2O3S. The number of nitrogens with zero attached hydrogens (tertiary/aromatic N) is 2. The molecule has 6 heteroatoms. The van der Waals surface area contributed by atoms with E-state index in [-0.39, 0.29) is 0 Å². The molecule has 0 saturated heterocycles. The summed E-state index contributed by atoms with van der Waals surface area (Å²) in [5.74, 6) is 0. The summed E-state index contributed by atoms with van der Waals surface area (Å²) in [7, 11) is 0. The molecule has 0 aromatic carbocycles. The highest BCUT2D eigenvalue weighted by Gasteiger charge is 2.09. The van der Waals surface area contributed by atoms with E-state index >= 15 is 0 Å². The van der Waals surface area contributed by atoms with Gasteiger partial charge in [0.25, 0.3) is 0 Å². The first kappa shape index (κ1) is 11.5. The number of rotatable bonds is 6. The highest BCUT2D eigenvalue weighted by Crippen LogP contribution is 2.06. The normalized spacial score (nSPS) is 17.9. The monoisotopic (exact) mass is 220 g/mol. The van der Waals surface area contributed by atoms with E-state index in [4.69, 9.17) is 4.55 Å². The first-order chi connectivity index (χ1) is 6.72. The molecule has 1 unspecified atom stereocenters. The van der Waals surface area contributed by atoms with Gasteiger partial charge in [-0.3, -0.25) is 8.74 Å². The summed E-state index contributed by atoms with van der Waals surface area (Å²) in [6.07, 6.45) is 4.83. The van der Waals surface area contributed by atoms with Crippen LogP contribution in [0.5, 0.6) is 0 Å². The third-order valence-corrected chi connectivity index (χ3v) is 2.40. The maximum Gasteiger partial charge on any atom is 0.301 e. The molecule has 1 heterocycles. The van der Waals surface area contributed by atoms with Crippen molar-refractivity contribution in [1.82, 2.24) is 9.80 Å². The van der Waals surface area contributed by atoms with Gasteiger partial charge in [0.1, 0.15) is 0 Å². The van der Waals surface area contributed by atoms with Crippen molar-refractivity contribution in [2.45, 2.75) is 13.3 Å². The van der Waals surface area contributed by atoms with Crippen molar-refractivity contribution < 1.29 is 12.9 Å². The molecule has 14 heavy (non-hydrogen) atoms. The van der Waals surface area contributed by atoms with E-state index in [1.54, 1.807) is 0 Å². The van der Waals surface area contributed by atoms with Crippen LogP contribution in [0.1, 0.15) is 13.3 Å². The minimum absolute atomic E-state index is 0.319. The predicted molar refractivity (Wildman–Crippen MR) is 54.4 cm³/mol. The van der Waals surface area contributed by atoms with Crippen LogP contribution in [-0.4, -0.2) is 44.9 Å². The van der Waals surface area contributed by atoms with Gasteiger partial charge < -0.3 is 9.80 Å². The molecule has 1 atom stereocenters. The van der Waals surface area contributed by atoms with Crippen molar-refractivity contribution in [2.75, 3.05) is 26.4 Å². The van der Waals surface area contributed by atoms with E-state index in [9.17, 15) is 4.21 Å². The Kier molecular flexibility index (Phi) is 4.92. The third-order valence-electron chi connectivity index (χ3n) is 2.03. The smallest absolute Gasteiger partial charge is 0.301 e. The lowest BCUT2D eigenvalue weighted by Gasteiger charge is -2.19. The van der Waals surface area contributed by atoms with Crippen LogP contribution in [-0.2, 0) is 15.5 Å². The molecule has 1 aliphatic rings. The van der Waals surface area contributed by atoms with Gasteiger partial charge >= 0.3 is 11.4 Å². The van der Waals surface area contributed by atoms with Gasteiger partial charge in [0.2, 0.25) is 0 Å². The Morgan fingerprint density at radius 3 is 2.79 bits per heavy atom. The molecule has 5 nitrogen and oxygen atoms in total. The largest absolute Gasteiger partial charge is 0.359 e. The maximum atomic E-state index is 10.1. The van der Waals surface area contributed by atoms with Crippen molar-refractivity contribution in [3.05, 3.63) is 12.4 Å². The van der Waals surface area contributed by atoms with Crippen LogP contribution in [0.15, 0.2) is 12.4 Å². The molecular weight excluding hydrogens is 204 g/mol. The number of hydrogen-bond donors (Lipinski definition) is 1. The van der Waals surface area contributed by atoms with Crippen molar-refractivity contribution in [2.24, 2.45) is 0 Å². The van der Waals surface area contributed by atoms with Gasteiger partial charge in [-0.1, -0.05) is 0 Å². The SMILES string of the molecule is CCN1C=CN(CCCOS(=O)O)C1. The van der Waals surface area contributed by atoms with Crippen LogP contribution in [0.4, 0.5) is 0 Å². The fraction of sp³-hybridized carbons (Fsp3) is 0.750. The Balaban J connectivity index is 2.04. The Morgan fingerprint density at radius 2 is 2.21 bits per heavy atom. The lowest BCUT2D eigenvalue weighted by molar-refractivity contribution is 0.242. The lowest BCUT2D eigenvalue weighted by atomic mass is 10.4. The van der Waals surface area contributed by atoms with Gasteiger partial charge in [-0.2, -0.15) is 4.21 Å². The molecule has 0 aromatic heterocycles. The molecule has 1 aliphatic heterocycles. The topological polar surface area (TPSA) is 53.0 Å². The minimum Gasteiger partial charge on any atom is -0.359 e. The summed E-state index contributed by atoms with van der Waals surface area (Å²) in [6.45, 7) is 5.18. The molecule has 0 aromatic rings. The molecule has 0 radical (unpaired) electrons. The van der Waals surface area contributed by atoms with E-state index in [1.165, 1.54) is 0 Å². The predicted octanol–water partition coefficient (Wildman–Crippen LogP) is 0.596. The molecule has 0 amide bonds. The van der Waals surface area contributed by atoms with Gasteiger partial charge in [-0.15, -0.1) is 0 Å². The van der Waals surface area contributed by atoms with Crippen molar-refractivity contribution in [3.8, 4) is 0 Å². The zero-order valence-electron chi connectivity index (χ0n) is 8.26. The highest BCUT2D eigenvalue weighted by atomic mass is 32.2. The average Bonchev–Trinajstić information content (AvgIpc) is 2.60. The Morgan fingerprint density at radius 1 is 1.50 bits per heavy atom. The summed E-state index contributed by atoms with van der Waals surface area (Å²) >= 11 is -2.12. The molecule has 0 saturated carbocycles. The second kappa shape index (κ2) is 6.00. The summed E-state index contributed by atoms with van der Waals surface area (Å²) in [4.78, 5) is 4.33. The van der Waals surface area contributed by atoms with Crippen molar-refractivity contribution >= 4 is 11.4 Å². The Bertz CT molecular complexity index is 223. The fourth-order valence-electron chi connectivity index (χ4n) is 1.26. The van der Waals surface area contributed by atoms with E-state index in [1.807, 2.05) is 12.4 Å². The van der Waals surface area contributed by atoms with Gasteiger partial charge in [0.15, 0.2) is 0 Å². The highest BCUT2D eigenvalue weighted by molar-refractivity contribution is 7.74. The van der Waals surface area contributed by atoms with Gasteiger partial charge in [0.05, 0.1) is 13.3 Å². The van der Waals surface area contributed by atoms with E-state index in [0.717, 1.165) is 26.2 Å². The molecule has 1 rings (SSSR count). The first-order valence-corrected chi connectivity index (χ1v) is 5.66. The molecule has 0 fully saturated rings. The quantitative estimate of drug-likeness (QED) is 0.524. The van der Waals surface area contributed by atoms with E-state index < -0.39 is 11.4 Å². The molecule has 0 aliphatic carbocycles. The van der Waals surface area contributed by atoms with Gasteiger partial charge in [-0.25, -0.2) is 0 Å². The number of hydrogen-bond acceptors (Lipinski definition) is 4. The molecule has 82 valence electrons. The molecule has 0 bridgehead atoms. The van der Waals surface area contributed by atoms with Crippen LogP contribution in [0, 0.1) is 0 Å².